The molecule has 2 atom stereocenters. The van der Waals surface area contributed by atoms with Crippen LogP contribution < -0.4 is 0 Å². The molecule has 0 bridgehead atoms. The van der Waals surface area contributed by atoms with Crippen molar-refractivity contribution in [2.75, 3.05) is 39.5 Å². The lowest BCUT2D eigenvalue weighted by Crippen LogP contribution is -2.35. The second-order valence-electron chi connectivity index (χ2n) is 7.84. The Morgan fingerprint density at radius 2 is 2.20 bits per heavy atom. The molecule has 1 aromatic heterocycles. The Morgan fingerprint density at radius 1 is 1.32 bits per heavy atom. The van der Waals surface area contributed by atoms with Gasteiger partial charge in [0.1, 0.15) is 0 Å². The van der Waals surface area contributed by atoms with Gasteiger partial charge < -0.3 is 14.4 Å². The number of amides is 1. The van der Waals surface area contributed by atoms with Gasteiger partial charge in [0.05, 0.1) is 24.6 Å². The maximum atomic E-state index is 12.7. The summed E-state index contributed by atoms with van der Waals surface area (Å²) in [6, 6.07) is 1.75. The Morgan fingerprint density at radius 3 is 3.00 bits per heavy atom. The summed E-state index contributed by atoms with van der Waals surface area (Å²) < 4.78 is 11.6. The van der Waals surface area contributed by atoms with Gasteiger partial charge in [-0.2, -0.15) is 10.2 Å². The van der Waals surface area contributed by atoms with E-state index in [1.165, 1.54) is 19.3 Å². The summed E-state index contributed by atoms with van der Waals surface area (Å²) in [6.45, 7) is 5.01. The van der Waals surface area contributed by atoms with Crippen LogP contribution in [0.4, 0.5) is 0 Å². The van der Waals surface area contributed by atoms with Crippen molar-refractivity contribution in [2.45, 2.75) is 32.1 Å². The molecule has 0 radical (unpaired) electrons. The Bertz CT molecular complexity index is 591. The average Bonchev–Trinajstić information content (AvgIpc) is 3.20. The third-order valence-corrected chi connectivity index (χ3v) is 6.24. The summed E-state index contributed by atoms with van der Waals surface area (Å²) in [5, 5.41) is 7.60. The average molecular weight is 345 g/mol. The zero-order valence-electron chi connectivity index (χ0n) is 14.7. The second-order valence-corrected chi connectivity index (χ2v) is 7.84. The Balaban J connectivity index is 1.36. The van der Waals surface area contributed by atoms with Crippen molar-refractivity contribution in [1.29, 1.82) is 0 Å². The maximum absolute atomic E-state index is 12.7. The molecule has 0 unspecified atom stereocenters. The van der Waals surface area contributed by atoms with Gasteiger partial charge in [0.15, 0.2) is 0 Å². The first kappa shape index (κ1) is 16.9. The smallest absolute Gasteiger partial charge is 0.255 e. The summed E-state index contributed by atoms with van der Waals surface area (Å²) in [6.07, 6.45) is 8.99. The third-order valence-electron chi connectivity index (χ3n) is 6.24. The van der Waals surface area contributed by atoms with Crippen LogP contribution in [0.3, 0.4) is 0 Å². The summed E-state index contributed by atoms with van der Waals surface area (Å²) in [4.78, 5) is 14.7. The monoisotopic (exact) mass is 345 g/mol. The molecule has 6 nitrogen and oxygen atoms in total. The van der Waals surface area contributed by atoms with E-state index in [1.807, 2.05) is 4.90 Å². The van der Waals surface area contributed by atoms with Gasteiger partial charge in [-0.1, -0.05) is 6.42 Å². The van der Waals surface area contributed by atoms with E-state index in [0.29, 0.717) is 17.4 Å². The predicted molar refractivity (Wildman–Crippen MR) is 92.1 cm³/mol. The van der Waals surface area contributed by atoms with E-state index in [4.69, 9.17) is 9.47 Å². The molecular weight excluding hydrogens is 318 g/mol. The van der Waals surface area contributed by atoms with Crippen molar-refractivity contribution in [2.24, 2.45) is 17.3 Å². The van der Waals surface area contributed by atoms with Gasteiger partial charge in [0, 0.05) is 38.3 Å². The first-order valence-electron chi connectivity index (χ1n) is 9.48. The highest BCUT2D eigenvalue weighted by molar-refractivity contribution is 5.94. The molecule has 3 aliphatic rings. The summed E-state index contributed by atoms with van der Waals surface area (Å²) >= 11 is 0. The molecule has 2 aliphatic heterocycles. The van der Waals surface area contributed by atoms with Crippen molar-refractivity contribution in [3.63, 3.8) is 0 Å². The number of carbonyl (C=O) groups is 1. The molecule has 3 fully saturated rings. The molecular formula is C19H27N3O3. The van der Waals surface area contributed by atoms with Crippen molar-refractivity contribution in [3.8, 4) is 0 Å². The van der Waals surface area contributed by atoms with E-state index in [9.17, 15) is 4.79 Å². The molecule has 0 aromatic carbocycles. The first-order valence-corrected chi connectivity index (χ1v) is 9.48. The second kappa shape index (κ2) is 7.38. The summed E-state index contributed by atoms with van der Waals surface area (Å²) in [5.74, 6) is 1.28. The lowest BCUT2D eigenvalue weighted by Gasteiger charge is -2.30. The van der Waals surface area contributed by atoms with E-state index in [1.54, 1.807) is 18.5 Å². The summed E-state index contributed by atoms with van der Waals surface area (Å²) in [5.41, 5.74) is 0.787. The van der Waals surface area contributed by atoms with E-state index in [-0.39, 0.29) is 11.3 Å². The van der Waals surface area contributed by atoms with E-state index in [0.717, 1.165) is 52.4 Å². The van der Waals surface area contributed by atoms with Gasteiger partial charge >= 0.3 is 0 Å². The molecule has 25 heavy (non-hydrogen) atoms. The molecule has 1 saturated carbocycles. The highest BCUT2D eigenvalue weighted by Gasteiger charge is 2.50. The third kappa shape index (κ3) is 3.55. The molecule has 1 aliphatic carbocycles. The van der Waals surface area contributed by atoms with Crippen LogP contribution in [0.5, 0.6) is 0 Å². The van der Waals surface area contributed by atoms with Crippen molar-refractivity contribution in [1.82, 2.24) is 15.1 Å². The predicted octanol–water partition coefficient (Wildman–Crippen LogP) is 2.16. The van der Waals surface area contributed by atoms with Crippen molar-refractivity contribution < 1.29 is 14.3 Å². The molecule has 4 rings (SSSR count). The van der Waals surface area contributed by atoms with E-state index >= 15 is 0 Å². The number of carbonyl (C=O) groups excluding carboxylic acids is 1. The highest BCUT2D eigenvalue weighted by Crippen LogP contribution is 2.49. The molecule has 0 spiro atoms. The van der Waals surface area contributed by atoms with Crippen molar-refractivity contribution in [3.05, 3.63) is 24.0 Å². The van der Waals surface area contributed by atoms with Gasteiger partial charge in [-0.15, -0.1) is 0 Å². The number of rotatable bonds is 5. The minimum absolute atomic E-state index is 0.0769. The summed E-state index contributed by atoms with van der Waals surface area (Å²) in [7, 11) is 0. The van der Waals surface area contributed by atoms with Crippen LogP contribution in [0.1, 0.15) is 42.5 Å². The zero-order valence-corrected chi connectivity index (χ0v) is 14.7. The van der Waals surface area contributed by atoms with Gasteiger partial charge in [-0.25, -0.2) is 0 Å². The molecule has 0 N–H and O–H groups in total. The lowest BCUT2D eigenvalue weighted by atomic mass is 9.81. The van der Waals surface area contributed by atoms with Gasteiger partial charge in [-0.3, -0.25) is 4.79 Å². The van der Waals surface area contributed by atoms with Crippen LogP contribution in [0.15, 0.2) is 18.5 Å². The van der Waals surface area contributed by atoms with Crippen LogP contribution in [-0.4, -0.2) is 60.5 Å². The topological polar surface area (TPSA) is 64.6 Å². The molecule has 3 heterocycles. The quantitative estimate of drug-likeness (QED) is 0.818. The number of aromatic nitrogens is 2. The van der Waals surface area contributed by atoms with Gasteiger partial charge in [0.2, 0.25) is 0 Å². The van der Waals surface area contributed by atoms with Crippen LogP contribution in [0, 0.1) is 17.3 Å². The number of hydrogen-bond donors (Lipinski definition) is 0. The number of ether oxygens (including phenoxy) is 2. The highest BCUT2D eigenvalue weighted by atomic mass is 16.5. The van der Waals surface area contributed by atoms with Crippen LogP contribution in [0.2, 0.25) is 0 Å². The number of likely N-dealkylation sites (tertiary alicyclic amines) is 1. The molecule has 1 aromatic rings. The van der Waals surface area contributed by atoms with Gasteiger partial charge in [0.25, 0.3) is 5.91 Å². The van der Waals surface area contributed by atoms with E-state index in [2.05, 4.69) is 10.2 Å². The van der Waals surface area contributed by atoms with Crippen molar-refractivity contribution >= 4 is 5.91 Å². The SMILES string of the molecule is O=C(c1ccnnc1)N1C[C@H]2CCC[C@@]2(COCC2CCOCC2)C1. The zero-order chi connectivity index (χ0) is 17.1. The molecule has 1 amide bonds. The Hall–Kier alpha value is -1.53. The minimum Gasteiger partial charge on any atom is -0.381 e. The molecule has 2 saturated heterocycles. The Kier molecular flexibility index (Phi) is 4.99. The largest absolute Gasteiger partial charge is 0.381 e. The standard InChI is InChI=1S/C19H27N3O3/c23-18(16-3-7-20-21-10-16)22-11-17-2-1-6-19(17,13-22)14-25-12-15-4-8-24-9-5-15/h3,7,10,15,17H,1-2,4-6,8-9,11-14H2/t17-,19+/m1/s1. The fourth-order valence-corrected chi connectivity index (χ4v) is 4.75. The fraction of sp³-hybridized carbons (Fsp3) is 0.737. The number of nitrogens with zero attached hydrogens (tertiary/aromatic N) is 3. The lowest BCUT2D eigenvalue weighted by molar-refractivity contribution is -0.0123. The van der Waals surface area contributed by atoms with Crippen LogP contribution in [-0.2, 0) is 9.47 Å². The Labute approximate surface area is 148 Å². The van der Waals surface area contributed by atoms with Crippen LogP contribution >= 0.6 is 0 Å². The number of fused-ring (bicyclic) bond motifs is 1. The maximum Gasteiger partial charge on any atom is 0.255 e. The fourth-order valence-electron chi connectivity index (χ4n) is 4.75. The first-order chi connectivity index (χ1) is 12.3. The minimum atomic E-state index is 0.0769. The van der Waals surface area contributed by atoms with E-state index < -0.39 is 0 Å². The molecule has 6 heteroatoms. The normalized spacial score (nSPS) is 29.8. The number of hydrogen-bond acceptors (Lipinski definition) is 5. The van der Waals surface area contributed by atoms with Gasteiger partial charge in [-0.05, 0) is 43.6 Å². The van der Waals surface area contributed by atoms with Crippen LogP contribution in [0.25, 0.3) is 0 Å². The molecule has 136 valence electrons.